The molecule has 0 radical (unpaired) electrons. The molecule has 0 aliphatic rings. The van der Waals surface area contributed by atoms with Crippen LogP contribution in [0.25, 0.3) is 0 Å². The molecule has 0 aromatic heterocycles. The van der Waals surface area contributed by atoms with Crippen LogP contribution in [0.5, 0.6) is 0 Å². The Morgan fingerprint density at radius 3 is 0.667 bits per heavy atom. The van der Waals surface area contributed by atoms with Crippen LogP contribution < -0.4 is 0 Å². The monoisotopic (exact) mass is 727 g/mol. The van der Waals surface area contributed by atoms with Crippen LogP contribution in [0.15, 0.2) is 0 Å². The van der Waals surface area contributed by atoms with Crippen molar-refractivity contribution in [2.75, 3.05) is 26.4 Å². The highest BCUT2D eigenvalue weighted by atomic mass is 31.2. The number of hydrogen-bond donors (Lipinski definition) is 2. The summed E-state index contributed by atoms with van der Waals surface area (Å²) < 4.78 is 43.8. The van der Waals surface area contributed by atoms with Crippen molar-refractivity contribution in [1.82, 2.24) is 0 Å². The lowest BCUT2D eigenvalue weighted by atomic mass is 10.0. The maximum atomic E-state index is 12.0. The van der Waals surface area contributed by atoms with Crippen LogP contribution in [-0.2, 0) is 27.2 Å². The molecule has 0 bridgehead atoms. The maximum Gasteiger partial charge on any atom is 0.472 e. The highest BCUT2D eigenvalue weighted by Crippen LogP contribution is 2.45. The average Bonchev–Trinajstić information content (AvgIpc) is 3.06. The Bertz CT molecular complexity index is 679. The van der Waals surface area contributed by atoms with Crippen molar-refractivity contribution >= 4 is 15.6 Å². The van der Waals surface area contributed by atoms with Crippen molar-refractivity contribution in [3.8, 4) is 0 Å². The van der Waals surface area contributed by atoms with Crippen molar-refractivity contribution in [2.24, 2.45) is 0 Å². The second kappa shape index (κ2) is 37.0. The van der Waals surface area contributed by atoms with Crippen LogP contribution in [-0.4, -0.2) is 36.2 Å². The van der Waals surface area contributed by atoms with Crippen molar-refractivity contribution in [1.29, 1.82) is 0 Å². The highest BCUT2D eigenvalue weighted by molar-refractivity contribution is 7.47. The molecule has 2 N–H and O–H groups in total. The molecular weight excluding hydrogens is 646 g/mol. The Hall–Kier alpha value is 0.220. The van der Waals surface area contributed by atoms with E-state index in [1.165, 1.54) is 167 Å². The summed E-state index contributed by atoms with van der Waals surface area (Å²) in [5, 5.41) is 0. The third-order valence-corrected chi connectivity index (χ3v) is 11.1. The summed E-state index contributed by atoms with van der Waals surface area (Å²) in [6.45, 7) is 4.15. The van der Waals surface area contributed by atoms with Crippen LogP contribution in [0.4, 0.5) is 0 Å². The van der Waals surface area contributed by atoms with Crippen molar-refractivity contribution < 1.29 is 37.0 Å². The topological polar surface area (TPSA) is 112 Å². The van der Waals surface area contributed by atoms with E-state index in [-0.39, 0.29) is 26.4 Å². The van der Waals surface area contributed by atoms with E-state index in [2.05, 4.69) is 13.8 Å². The molecular formula is C38H80O8P2. The zero-order valence-electron chi connectivity index (χ0n) is 31.7. The Morgan fingerprint density at radius 2 is 0.458 bits per heavy atom. The molecule has 0 aliphatic heterocycles. The van der Waals surface area contributed by atoms with Crippen LogP contribution in [0.3, 0.4) is 0 Å². The Morgan fingerprint density at radius 1 is 0.292 bits per heavy atom. The molecule has 0 rings (SSSR count). The summed E-state index contributed by atoms with van der Waals surface area (Å²) in [6.07, 6.45) is 40.4. The molecule has 0 aromatic carbocycles. The molecule has 290 valence electrons. The molecule has 0 saturated carbocycles. The normalized spacial score (nSPS) is 14.3. The molecule has 0 spiro atoms. The lowest BCUT2D eigenvalue weighted by Gasteiger charge is -2.14. The minimum absolute atomic E-state index is 0.147. The first kappa shape index (κ1) is 48.2. The molecule has 0 amide bonds. The third kappa shape index (κ3) is 39.0. The maximum absolute atomic E-state index is 12.0. The minimum atomic E-state index is -4.21. The van der Waals surface area contributed by atoms with E-state index >= 15 is 0 Å². The van der Waals surface area contributed by atoms with Gasteiger partial charge in [-0.3, -0.25) is 18.1 Å². The molecule has 0 aliphatic carbocycles. The molecule has 2 atom stereocenters. The second-order valence-corrected chi connectivity index (χ2v) is 16.8. The van der Waals surface area contributed by atoms with Gasteiger partial charge in [0.25, 0.3) is 0 Å². The van der Waals surface area contributed by atoms with E-state index in [9.17, 15) is 18.9 Å². The molecule has 2 unspecified atom stereocenters. The second-order valence-electron chi connectivity index (χ2n) is 13.9. The van der Waals surface area contributed by atoms with E-state index in [0.29, 0.717) is 12.8 Å². The molecule has 10 heteroatoms. The number of unbranched alkanes of at least 4 members (excludes halogenated alkanes) is 30. The number of phosphoric acid groups is 2. The van der Waals surface area contributed by atoms with E-state index in [1.807, 2.05) is 0 Å². The van der Waals surface area contributed by atoms with Gasteiger partial charge < -0.3 is 9.79 Å². The molecule has 8 nitrogen and oxygen atoms in total. The van der Waals surface area contributed by atoms with Gasteiger partial charge in [-0.15, -0.1) is 0 Å². The highest BCUT2D eigenvalue weighted by Gasteiger charge is 2.24. The predicted octanol–water partition coefficient (Wildman–Crippen LogP) is 13.8. The van der Waals surface area contributed by atoms with Gasteiger partial charge in [-0.25, -0.2) is 9.13 Å². The van der Waals surface area contributed by atoms with E-state index in [4.69, 9.17) is 18.1 Å². The fourth-order valence-electron chi connectivity index (χ4n) is 6.04. The smallest absolute Gasteiger partial charge is 0.302 e. The van der Waals surface area contributed by atoms with Gasteiger partial charge in [0.05, 0.1) is 26.4 Å². The Kier molecular flexibility index (Phi) is 37.2. The summed E-state index contributed by atoms with van der Waals surface area (Å²) in [7, 11) is -8.42. The zero-order valence-corrected chi connectivity index (χ0v) is 33.5. The van der Waals surface area contributed by atoms with Crippen molar-refractivity contribution in [3.63, 3.8) is 0 Å². The Labute approximate surface area is 297 Å². The first-order valence-electron chi connectivity index (χ1n) is 20.6. The van der Waals surface area contributed by atoms with E-state index in [0.717, 1.165) is 25.7 Å². The first-order chi connectivity index (χ1) is 23.3. The standard InChI is InChI=1S/C38H80O8P2/c1-3-5-7-9-11-13-15-17-19-21-23-25-27-29-31-33-35-43-47(39,40)45-37-38-46-48(41,42)44-36-34-32-30-28-26-24-22-20-18-16-14-12-10-8-6-4-2/h3-38H2,1-2H3,(H,39,40)(H,41,42). The lowest BCUT2D eigenvalue weighted by Crippen LogP contribution is -2.05. The minimum Gasteiger partial charge on any atom is -0.302 e. The van der Waals surface area contributed by atoms with Gasteiger partial charge in [-0.1, -0.05) is 206 Å². The van der Waals surface area contributed by atoms with Crippen molar-refractivity contribution in [2.45, 2.75) is 219 Å². The van der Waals surface area contributed by atoms with Gasteiger partial charge in [0.1, 0.15) is 0 Å². The van der Waals surface area contributed by atoms with E-state index in [1.54, 1.807) is 0 Å². The van der Waals surface area contributed by atoms with E-state index < -0.39 is 15.6 Å². The Balaban J connectivity index is 3.47. The quantitative estimate of drug-likeness (QED) is 0.0473. The van der Waals surface area contributed by atoms with Gasteiger partial charge in [0.15, 0.2) is 0 Å². The third-order valence-electron chi connectivity index (χ3n) is 9.10. The largest absolute Gasteiger partial charge is 0.472 e. The summed E-state index contributed by atoms with van der Waals surface area (Å²) in [6, 6.07) is 0. The zero-order chi connectivity index (χ0) is 35.3. The summed E-state index contributed by atoms with van der Waals surface area (Å²) in [5.74, 6) is 0. The van der Waals surface area contributed by atoms with Crippen LogP contribution in [0.2, 0.25) is 0 Å². The average molecular weight is 727 g/mol. The summed E-state index contributed by atoms with van der Waals surface area (Å²) in [5.41, 5.74) is 0. The lowest BCUT2D eigenvalue weighted by molar-refractivity contribution is 0.101. The first-order valence-corrected chi connectivity index (χ1v) is 23.6. The van der Waals surface area contributed by atoms with Gasteiger partial charge in [-0.2, -0.15) is 0 Å². The molecule has 0 fully saturated rings. The summed E-state index contributed by atoms with van der Waals surface area (Å²) >= 11 is 0. The van der Waals surface area contributed by atoms with Gasteiger partial charge in [0, 0.05) is 0 Å². The summed E-state index contributed by atoms with van der Waals surface area (Å²) in [4.78, 5) is 19.7. The predicted molar refractivity (Wildman–Crippen MR) is 203 cm³/mol. The number of rotatable bonds is 41. The van der Waals surface area contributed by atoms with Crippen LogP contribution >= 0.6 is 15.6 Å². The fraction of sp³-hybridized carbons (Fsp3) is 1.00. The number of hydrogen-bond acceptors (Lipinski definition) is 6. The molecule has 0 aromatic rings. The van der Waals surface area contributed by atoms with Crippen molar-refractivity contribution in [3.05, 3.63) is 0 Å². The van der Waals surface area contributed by atoms with Gasteiger partial charge in [-0.05, 0) is 12.8 Å². The van der Waals surface area contributed by atoms with Gasteiger partial charge >= 0.3 is 15.6 Å². The molecule has 0 heterocycles. The molecule has 0 saturated heterocycles. The number of phosphoric ester groups is 2. The SMILES string of the molecule is CCCCCCCCCCCCCCCCCCOP(=O)(O)OCCOP(=O)(O)OCCCCCCCCCCCCCCCCCC. The van der Waals surface area contributed by atoms with Crippen LogP contribution in [0, 0.1) is 0 Å². The fourth-order valence-corrected chi connectivity index (χ4v) is 7.52. The van der Waals surface area contributed by atoms with Gasteiger partial charge in [0.2, 0.25) is 0 Å². The van der Waals surface area contributed by atoms with Crippen LogP contribution in [0.1, 0.15) is 219 Å². The molecule has 48 heavy (non-hydrogen) atoms.